The van der Waals surface area contributed by atoms with E-state index in [0.29, 0.717) is 35.8 Å². The Morgan fingerprint density at radius 2 is 1.97 bits per heavy atom. The first kappa shape index (κ1) is 20.3. The van der Waals surface area contributed by atoms with E-state index in [4.69, 9.17) is 11.6 Å². The fourth-order valence-corrected chi connectivity index (χ4v) is 4.28. The monoisotopic (exact) mass is 453 g/mol. The second-order valence-electron chi connectivity index (χ2n) is 7.82. The summed E-state index contributed by atoms with van der Waals surface area (Å²) < 4.78 is 15.7. The number of carbonyl (C=O) groups excluding carboxylic acids is 3. The number of hydrogen-bond donors (Lipinski definition) is 1. The first-order valence-electron chi connectivity index (χ1n) is 10.0. The summed E-state index contributed by atoms with van der Waals surface area (Å²) >= 11 is 5.96. The molecule has 162 valence electrons. The molecule has 0 saturated carbocycles. The molecule has 10 heteroatoms. The van der Waals surface area contributed by atoms with Crippen molar-refractivity contribution in [2.45, 2.75) is 32.0 Å². The second kappa shape index (κ2) is 7.83. The average Bonchev–Trinajstić information content (AvgIpc) is 3.34. The van der Waals surface area contributed by atoms with E-state index >= 15 is 0 Å². The van der Waals surface area contributed by atoms with Gasteiger partial charge < -0.3 is 4.90 Å². The molecular formula is C22H17ClFN5O3. The van der Waals surface area contributed by atoms with E-state index in [2.05, 4.69) is 15.6 Å². The van der Waals surface area contributed by atoms with Crippen molar-refractivity contribution in [3.63, 3.8) is 0 Å². The lowest BCUT2D eigenvalue weighted by atomic mass is 10.0. The minimum absolute atomic E-state index is 0.212. The lowest BCUT2D eigenvalue weighted by Gasteiger charge is -2.29. The largest absolute Gasteiger partial charge is 0.322 e. The number of carbonyl (C=O) groups is 3. The standard InChI is InChI=1S/C22H17ClFN5O3/c23-14-2-4-17(24)16(8-14)18-11-28(27-26-18)9-12-1-3-15-13(7-12)10-29(22(15)32)19-5-6-20(30)25-21(19)31/h1-4,7-8,11,19H,5-6,9-10H2,(H,25,30,31). The number of nitrogens with one attached hydrogen (secondary N) is 1. The van der Waals surface area contributed by atoms with Gasteiger partial charge in [0, 0.05) is 29.1 Å². The molecule has 5 rings (SSSR count). The van der Waals surface area contributed by atoms with Crippen molar-refractivity contribution in [1.82, 2.24) is 25.2 Å². The Kier molecular flexibility index (Phi) is 4.97. The maximum Gasteiger partial charge on any atom is 0.255 e. The Labute approximate surface area is 187 Å². The third-order valence-corrected chi connectivity index (χ3v) is 5.91. The van der Waals surface area contributed by atoms with E-state index in [9.17, 15) is 18.8 Å². The first-order valence-corrected chi connectivity index (χ1v) is 10.4. The number of imide groups is 1. The third kappa shape index (κ3) is 3.64. The van der Waals surface area contributed by atoms with Gasteiger partial charge in [0.1, 0.15) is 17.6 Å². The summed E-state index contributed by atoms with van der Waals surface area (Å²) in [6, 6.07) is 9.02. The zero-order chi connectivity index (χ0) is 22.4. The molecule has 3 heterocycles. The number of aromatic nitrogens is 3. The molecule has 2 aromatic carbocycles. The fourth-order valence-electron chi connectivity index (χ4n) is 4.11. The van der Waals surface area contributed by atoms with Gasteiger partial charge in [0.25, 0.3) is 5.91 Å². The molecule has 1 atom stereocenters. The Balaban J connectivity index is 1.34. The molecule has 0 aliphatic carbocycles. The van der Waals surface area contributed by atoms with Crippen molar-refractivity contribution < 1.29 is 18.8 Å². The highest BCUT2D eigenvalue weighted by Crippen LogP contribution is 2.29. The highest BCUT2D eigenvalue weighted by atomic mass is 35.5. The van der Waals surface area contributed by atoms with E-state index in [0.717, 1.165) is 11.1 Å². The predicted molar refractivity (Wildman–Crippen MR) is 112 cm³/mol. The fraction of sp³-hybridized carbons (Fsp3) is 0.227. The van der Waals surface area contributed by atoms with Gasteiger partial charge in [-0.2, -0.15) is 0 Å². The highest BCUT2D eigenvalue weighted by molar-refractivity contribution is 6.30. The molecule has 1 fully saturated rings. The van der Waals surface area contributed by atoms with Crippen molar-refractivity contribution in [3.05, 3.63) is 70.1 Å². The van der Waals surface area contributed by atoms with Crippen LogP contribution in [-0.4, -0.2) is 43.7 Å². The molecule has 1 unspecified atom stereocenters. The molecule has 8 nitrogen and oxygen atoms in total. The summed E-state index contributed by atoms with van der Waals surface area (Å²) in [7, 11) is 0. The van der Waals surface area contributed by atoms with E-state index in [1.165, 1.54) is 23.1 Å². The SMILES string of the molecule is O=C1CCC(N2Cc3cc(Cn4cc(-c5cc(Cl)ccc5F)nn4)ccc3C2=O)C(=O)N1. The number of fused-ring (bicyclic) bond motifs is 1. The van der Waals surface area contributed by atoms with E-state index in [1.807, 2.05) is 12.1 Å². The van der Waals surface area contributed by atoms with Crippen LogP contribution in [0.25, 0.3) is 11.3 Å². The van der Waals surface area contributed by atoms with E-state index in [1.54, 1.807) is 16.9 Å². The van der Waals surface area contributed by atoms with Crippen LogP contribution in [0, 0.1) is 5.82 Å². The Morgan fingerprint density at radius 1 is 1.12 bits per heavy atom. The topological polar surface area (TPSA) is 97.2 Å². The summed E-state index contributed by atoms with van der Waals surface area (Å²) in [4.78, 5) is 37.9. The quantitative estimate of drug-likeness (QED) is 0.612. The number of nitrogens with zero attached hydrogens (tertiary/aromatic N) is 4. The molecular weight excluding hydrogens is 437 g/mol. The smallest absolute Gasteiger partial charge is 0.255 e. The lowest BCUT2D eigenvalue weighted by Crippen LogP contribution is -2.52. The predicted octanol–water partition coefficient (Wildman–Crippen LogP) is 2.55. The summed E-state index contributed by atoms with van der Waals surface area (Å²) in [5, 5.41) is 10.8. The molecule has 3 aromatic rings. The van der Waals surface area contributed by atoms with Crippen LogP contribution in [0.5, 0.6) is 0 Å². The van der Waals surface area contributed by atoms with Gasteiger partial charge in [-0.25, -0.2) is 9.07 Å². The minimum Gasteiger partial charge on any atom is -0.322 e. The maximum absolute atomic E-state index is 14.1. The van der Waals surface area contributed by atoms with Gasteiger partial charge in [-0.05, 0) is 41.8 Å². The normalized spacial score (nSPS) is 18.1. The average molecular weight is 454 g/mol. The summed E-state index contributed by atoms with van der Waals surface area (Å²) in [6.45, 7) is 0.666. The van der Waals surface area contributed by atoms with Gasteiger partial charge in [-0.3, -0.25) is 19.7 Å². The number of piperidine rings is 1. The summed E-state index contributed by atoms with van der Waals surface area (Å²) in [5.74, 6) is -1.42. The Morgan fingerprint density at radius 3 is 2.78 bits per heavy atom. The molecule has 2 aliphatic heterocycles. The molecule has 0 spiro atoms. The summed E-state index contributed by atoms with van der Waals surface area (Å²) in [5.41, 5.74) is 2.86. The van der Waals surface area contributed by atoms with Gasteiger partial charge in [0.05, 0.1) is 12.7 Å². The maximum atomic E-state index is 14.1. The second-order valence-corrected chi connectivity index (χ2v) is 8.25. The van der Waals surface area contributed by atoms with Crippen LogP contribution >= 0.6 is 11.6 Å². The first-order chi connectivity index (χ1) is 15.4. The molecule has 0 radical (unpaired) electrons. The Hall–Kier alpha value is -3.59. The molecule has 0 bridgehead atoms. The molecule has 1 N–H and O–H groups in total. The molecule has 32 heavy (non-hydrogen) atoms. The van der Waals surface area contributed by atoms with Gasteiger partial charge in [-0.1, -0.05) is 28.9 Å². The van der Waals surface area contributed by atoms with Crippen LogP contribution in [0.15, 0.2) is 42.6 Å². The zero-order valence-electron chi connectivity index (χ0n) is 16.7. The lowest BCUT2D eigenvalue weighted by molar-refractivity contribution is -0.136. The molecule has 1 aromatic heterocycles. The minimum atomic E-state index is -0.651. The number of amides is 3. The van der Waals surface area contributed by atoms with Crippen LogP contribution in [0.1, 0.15) is 34.3 Å². The van der Waals surface area contributed by atoms with Crippen molar-refractivity contribution in [2.75, 3.05) is 0 Å². The van der Waals surface area contributed by atoms with Gasteiger partial charge in [-0.15, -0.1) is 5.10 Å². The zero-order valence-corrected chi connectivity index (χ0v) is 17.5. The van der Waals surface area contributed by atoms with Gasteiger partial charge >= 0.3 is 0 Å². The van der Waals surface area contributed by atoms with Crippen LogP contribution in [0.3, 0.4) is 0 Å². The van der Waals surface area contributed by atoms with Crippen LogP contribution in [-0.2, 0) is 22.7 Å². The third-order valence-electron chi connectivity index (χ3n) is 5.68. The highest BCUT2D eigenvalue weighted by Gasteiger charge is 2.39. The van der Waals surface area contributed by atoms with E-state index in [-0.39, 0.29) is 23.8 Å². The molecule has 2 aliphatic rings. The van der Waals surface area contributed by atoms with Crippen molar-refractivity contribution >= 4 is 29.3 Å². The number of hydrogen-bond acceptors (Lipinski definition) is 5. The van der Waals surface area contributed by atoms with Crippen LogP contribution < -0.4 is 5.32 Å². The van der Waals surface area contributed by atoms with Crippen molar-refractivity contribution in [3.8, 4) is 11.3 Å². The number of rotatable bonds is 4. The molecule has 3 amide bonds. The number of benzene rings is 2. The van der Waals surface area contributed by atoms with E-state index < -0.39 is 17.8 Å². The molecule has 1 saturated heterocycles. The van der Waals surface area contributed by atoms with Crippen LogP contribution in [0.4, 0.5) is 4.39 Å². The van der Waals surface area contributed by atoms with Crippen molar-refractivity contribution in [1.29, 1.82) is 0 Å². The van der Waals surface area contributed by atoms with Crippen molar-refractivity contribution in [2.24, 2.45) is 0 Å². The number of halogens is 2. The van der Waals surface area contributed by atoms with Crippen LogP contribution in [0.2, 0.25) is 5.02 Å². The Bertz CT molecular complexity index is 1270. The summed E-state index contributed by atoms with van der Waals surface area (Å²) in [6.07, 6.45) is 2.16. The van der Waals surface area contributed by atoms with Gasteiger partial charge in [0.15, 0.2) is 0 Å². The van der Waals surface area contributed by atoms with Gasteiger partial charge in [0.2, 0.25) is 11.8 Å².